The summed E-state index contributed by atoms with van der Waals surface area (Å²) in [5, 5.41) is 21.3. The number of thiazole rings is 1. The fourth-order valence-electron chi connectivity index (χ4n) is 4.13. The normalized spacial score (nSPS) is 14.3. The molecule has 1 aliphatic rings. The molecule has 2 aromatic heterocycles. The lowest BCUT2D eigenvalue weighted by atomic mass is 9.96. The van der Waals surface area contributed by atoms with Gasteiger partial charge in [0, 0.05) is 28.5 Å². The van der Waals surface area contributed by atoms with Gasteiger partial charge in [-0.1, -0.05) is 30.3 Å². The first kappa shape index (κ1) is 25.3. The maximum absolute atomic E-state index is 14.6. The molecule has 0 bridgehead atoms. The van der Waals surface area contributed by atoms with Crippen LogP contribution in [0.5, 0.6) is 0 Å². The zero-order valence-corrected chi connectivity index (χ0v) is 20.9. The SMILES string of the molecule is NS(=O)c1ccc(Cc2c(-c3ccc(C(F)F)cc3)nn(-c3nc(C(=O)O)cs3)c2CC2CC2)cc1F. The molecule has 1 atom stereocenters. The van der Waals surface area contributed by atoms with E-state index in [1.165, 1.54) is 29.6 Å². The summed E-state index contributed by atoms with van der Waals surface area (Å²) in [6, 6.07) is 10.1. The Morgan fingerprint density at radius 2 is 1.95 bits per heavy atom. The van der Waals surface area contributed by atoms with Crippen molar-refractivity contribution in [1.82, 2.24) is 14.8 Å². The Kier molecular flexibility index (Phi) is 6.97. The summed E-state index contributed by atoms with van der Waals surface area (Å²) in [4.78, 5) is 15.5. The van der Waals surface area contributed by atoms with Crippen molar-refractivity contribution in [2.75, 3.05) is 0 Å². The molecule has 0 spiro atoms. The Balaban J connectivity index is 1.66. The molecule has 7 nitrogen and oxygen atoms in total. The zero-order valence-electron chi connectivity index (χ0n) is 19.2. The van der Waals surface area contributed by atoms with Crippen LogP contribution in [-0.4, -0.2) is 30.0 Å². The van der Waals surface area contributed by atoms with Crippen LogP contribution in [0.2, 0.25) is 0 Å². The molecular formula is C25H21F3N4O3S2. The summed E-state index contributed by atoms with van der Waals surface area (Å²) >= 11 is 1.13. The molecule has 0 radical (unpaired) electrons. The summed E-state index contributed by atoms with van der Waals surface area (Å²) < 4.78 is 54.1. The number of carboxylic acid groups (broad SMARTS) is 1. The average Bonchev–Trinajstić information content (AvgIpc) is 3.41. The molecule has 1 aliphatic carbocycles. The molecule has 1 unspecified atom stereocenters. The Morgan fingerprint density at radius 3 is 2.51 bits per heavy atom. The number of hydrogen-bond acceptors (Lipinski definition) is 5. The van der Waals surface area contributed by atoms with Gasteiger partial charge in [0.05, 0.1) is 16.3 Å². The number of halogens is 3. The smallest absolute Gasteiger partial charge is 0.355 e. The van der Waals surface area contributed by atoms with E-state index in [4.69, 9.17) is 10.2 Å². The minimum atomic E-state index is -2.61. The first-order valence-corrected chi connectivity index (χ1v) is 13.4. The zero-order chi connectivity index (χ0) is 26.3. The van der Waals surface area contributed by atoms with E-state index in [2.05, 4.69) is 4.98 Å². The molecule has 0 amide bonds. The number of hydrogen-bond donors (Lipinski definition) is 2. The van der Waals surface area contributed by atoms with Gasteiger partial charge < -0.3 is 5.11 Å². The highest BCUT2D eigenvalue weighted by Gasteiger charge is 2.29. The third kappa shape index (κ3) is 5.36. The molecule has 1 saturated carbocycles. The fraction of sp³-hybridized carbons (Fsp3) is 0.240. The molecule has 1 fully saturated rings. The molecule has 3 N–H and O–H groups in total. The van der Waals surface area contributed by atoms with Gasteiger partial charge in [0.25, 0.3) is 6.43 Å². The maximum Gasteiger partial charge on any atom is 0.355 e. The average molecular weight is 547 g/mol. The van der Waals surface area contributed by atoms with Gasteiger partial charge in [-0.3, -0.25) is 0 Å². The van der Waals surface area contributed by atoms with Gasteiger partial charge in [-0.2, -0.15) is 5.10 Å². The van der Waals surface area contributed by atoms with Crippen molar-refractivity contribution >= 4 is 28.3 Å². The van der Waals surface area contributed by atoms with Crippen LogP contribution in [0.15, 0.2) is 52.7 Å². The quantitative estimate of drug-likeness (QED) is 0.296. The number of aromatic nitrogens is 3. The standard InChI is InChI=1S/C25H21F3N4O3S2/c26-18-10-14(3-8-21(18)37(29)35)9-17-20(11-13-1-2-13)32(25-30-19(12-36-25)24(33)34)31-22(17)15-4-6-16(7-5-15)23(27)28/h3-8,10,12-13,23H,1-2,9,11,29H2,(H,33,34). The number of carbonyl (C=O) groups is 1. The van der Waals surface area contributed by atoms with Crippen molar-refractivity contribution in [2.24, 2.45) is 11.1 Å². The Hall–Kier alpha value is -3.35. The topological polar surface area (TPSA) is 111 Å². The van der Waals surface area contributed by atoms with Gasteiger partial charge in [0.2, 0.25) is 5.13 Å². The predicted molar refractivity (Wildman–Crippen MR) is 133 cm³/mol. The molecule has 192 valence electrons. The highest BCUT2D eigenvalue weighted by atomic mass is 32.2. The first-order chi connectivity index (χ1) is 17.7. The van der Waals surface area contributed by atoms with Gasteiger partial charge >= 0.3 is 5.97 Å². The second-order valence-corrected chi connectivity index (χ2v) is 10.7. The van der Waals surface area contributed by atoms with Gasteiger partial charge in [0.15, 0.2) is 5.69 Å². The Morgan fingerprint density at radius 1 is 1.22 bits per heavy atom. The Labute approximate surface area is 216 Å². The van der Waals surface area contributed by atoms with E-state index in [9.17, 15) is 27.3 Å². The molecule has 12 heteroatoms. The van der Waals surface area contributed by atoms with E-state index in [-0.39, 0.29) is 22.6 Å². The second-order valence-electron chi connectivity index (χ2n) is 8.82. The van der Waals surface area contributed by atoms with Crippen LogP contribution < -0.4 is 5.14 Å². The maximum atomic E-state index is 14.6. The van der Waals surface area contributed by atoms with E-state index >= 15 is 0 Å². The number of benzene rings is 2. The molecule has 37 heavy (non-hydrogen) atoms. The van der Waals surface area contributed by atoms with Crippen LogP contribution in [0, 0.1) is 11.7 Å². The second kappa shape index (κ2) is 10.2. The van der Waals surface area contributed by atoms with Crippen molar-refractivity contribution in [3.63, 3.8) is 0 Å². The summed E-state index contributed by atoms with van der Waals surface area (Å²) in [6.45, 7) is 0. The molecular weight excluding hydrogens is 525 g/mol. The van der Waals surface area contributed by atoms with Crippen LogP contribution in [0.25, 0.3) is 16.4 Å². The molecule has 5 rings (SSSR count). The minimum absolute atomic E-state index is 0.107. The summed E-state index contributed by atoms with van der Waals surface area (Å²) in [7, 11) is -1.97. The van der Waals surface area contributed by atoms with E-state index in [1.807, 2.05) is 0 Å². The summed E-state index contributed by atoms with van der Waals surface area (Å²) in [6.07, 6.45) is 0.350. The van der Waals surface area contributed by atoms with Crippen molar-refractivity contribution in [2.45, 2.75) is 37.0 Å². The molecule has 4 aromatic rings. The lowest BCUT2D eigenvalue weighted by Gasteiger charge is -2.10. The lowest BCUT2D eigenvalue weighted by Crippen LogP contribution is -2.07. The largest absolute Gasteiger partial charge is 0.476 e. The van der Waals surface area contributed by atoms with Crippen molar-refractivity contribution in [3.8, 4) is 16.4 Å². The number of rotatable bonds is 9. The van der Waals surface area contributed by atoms with Crippen LogP contribution in [0.3, 0.4) is 0 Å². The van der Waals surface area contributed by atoms with Crippen LogP contribution in [0.4, 0.5) is 13.2 Å². The van der Waals surface area contributed by atoms with Crippen molar-refractivity contribution in [3.05, 3.63) is 81.7 Å². The summed E-state index contributed by atoms with van der Waals surface area (Å²) in [5.74, 6) is -1.43. The fourth-order valence-corrected chi connectivity index (χ4v) is 5.36. The van der Waals surface area contributed by atoms with Gasteiger partial charge in [-0.05, 0) is 42.9 Å². The summed E-state index contributed by atoms with van der Waals surface area (Å²) in [5.41, 5.74) is 3.00. The molecule has 0 aliphatic heterocycles. The van der Waals surface area contributed by atoms with Crippen LogP contribution in [-0.2, 0) is 23.8 Å². The molecule has 0 saturated heterocycles. The third-order valence-electron chi connectivity index (χ3n) is 6.19. The monoisotopic (exact) mass is 546 g/mol. The third-order valence-corrected chi connectivity index (χ3v) is 7.77. The number of nitrogens with two attached hydrogens (primary N) is 1. The van der Waals surface area contributed by atoms with Crippen molar-refractivity contribution < 1.29 is 27.3 Å². The lowest BCUT2D eigenvalue weighted by molar-refractivity contribution is 0.0691. The van der Waals surface area contributed by atoms with E-state index in [0.29, 0.717) is 34.3 Å². The van der Waals surface area contributed by atoms with E-state index < -0.39 is 29.2 Å². The van der Waals surface area contributed by atoms with E-state index in [0.717, 1.165) is 35.4 Å². The van der Waals surface area contributed by atoms with Gasteiger partial charge in [0.1, 0.15) is 16.8 Å². The van der Waals surface area contributed by atoms with Crippen LogP contribution >= 0.6 is 11.3 Å². The highest BCUT2D eigenvalue weighted by molar-refractivity contribution is 7.82. The number of nitrogens with zero attached hydrogens (tertiary/aromatic N) is 3. The number of alkyl halides is 2. The highest BCUT2D eigenvalue weighted by Crippen LogP contribution is 2.38. The number of aromatic carboxylic acids is 1. The van der Waals surface area contributed by atoms with Crippen molar-refractivity contribution in [1.29, 1.82) is 0 Å². The Bertz CT molecular complexity index is 1500. The first-order valence-electron chi connectivity index (χ1n) is 11.3. The van der Waals surface area contributed by atoms with Crippen LogP contribution in [0.1, 0.15) is 52.1 Å². The molecule has 2 heterocycles. The number of carboxylic acids is 1. The predicted octanol–water partition coefficient (Wildman–Crippen LogP) is 5.30. The van der Waals surface area contributed by atoms with Gasteiger partial charge in [-0.25, -0.2) is 37.0 Å². The minimum Gasteiger partial charge on any atom is -0.476 e. The molecule has 2 aromatic carbocycles. The van der Waals surface area contributed by atoms with E-state index in [1.54, 1.807) is 22.9 Å². The van der Waals surface area contributed by atoms with Gasteiger partial charge in [-0.15, -0.1) is 11.3 Å².